The zero-order chi connectivity index (χ0) is 14.3. The van der Waals surface area contributed by atoms with Gasteiger partial charge in [0.15, 0.2) is 0 Å². The van der Waals surface area contributed by atoms with Crippen LogP contribution in [0.1, 0.15) is 46.1 Å². The maximum Gasteiger partial charge on any atom is 0.123 e. The predicted molar refractivity (Wildman–Crippen MR) is 80.8 cm³/mol. The number of benzene rings is 1. The molecule has 1 atom stereocenters. The Balaban J connectivity index is 2.58. The molecule has 19 heavy (non-hydrogen) atoms. The van der Waals surface area contributed by atoms with Crippen molar-refractivity contribution in [3.63, 3.8) is 0 Å². The van der Waals surface area contributed by atoms with Gasteiger partial charge in [0.2, 0.25) is 0 Å². The third kappa shape index (κ3) is 7.31. The summed E-state index contributed by atoms with van der Waals surface area (Å²) in [5.41, 5.74) is 1.48. The fraction of sp³-hybridized carbons (Fsp3) is 0.647. The van der Waals surface area contributed by atoms with E-state index in [9.17, 15) is 4.39 Å². The van der Waals surface area contributed by atoms with Gasteiger partial charge in [0.05, 0.1) is 0 Å². The molecule has 0 aliphatic rings. The van der Waals surface area contributed by atoms with E-state index in [2.05, 4.69) is 33.0 Å². The molecular formula is C17H28FN. The van der Waals surface area contributed by atoms with Crippen LogP contribution in [0.3, 0.4) is 0 Å². The minimum Gasteiger partial charge on any atom is -0.317 e. The lowest BCUT2D eigenvalue weighted by molar-refractivity contribution is 0.314. The monoisotopic (exact) mass is 265 g/mol. The van der Waals surface area contributed by atoms with Gasteiger partial charge in [0.1, 0.15) is 5.82 Å². The minimum atomic E-state index is -0.129. The molecule has 2 heteroatoms. The molecule has 0 aliphatic heterocycles. The molecule has 0 aliphatic carbocycles. The fourth-order valence-electron chi connectivity index (χ4n) is 2.26. The third-order valence-corrected chi connectivity index (χ3v) is 3.40. The number of nitrogens with one attached hydrogen (secondary N) is 1. The Bertz CT molecular complexity index is 368. The van der Waals surface area contributed by atoms with Gasteiger partial charge in [0, 0.05) is 0 Å². The van der Waals surface area contributed by atoms with Crippen molar-refractivity contribution in [2.24, 2.45) is 11.3 Å². The lowest BCUT2D eigenvalue weighted by atomic mass is 9.84. The van der Waals surface area contributed by atoms with Crippen LogP contribution in [0, 0.1) is 17.2 Å². The molecular weight excluding hydrogens is 237 g/mol. The standard InChI is InChI=1S/C17H28FN/c1-5-19-13-15(9-10-17(2,3)4)11-14-7-6-8-16(18)12-14/h6-8,12,15,19H,5,9-11,13H2,1-4H3. The normalized spacial score (nSPS) is 13.5. The summed E-state index contributed by atoms with van der Waals surface area (Å²) in [4.78, 5) is 0. The smallest absolute Gasteiger partial charge is 0.123 e. The highest BCUT2D eigenvalue weighted by Gasteiger charge is 2.15. The van der Waals surface area contributed by atoms with Crippen molar-refractivity contribution in [1.82, 2.24) is 5.32 Å². The average molecular weight is 265 g/mol. The van der Waals surface area contributed by atoms with E-state index in [0.717, 1.165) is 25.1 Å². The molecule has 1 aromatic carbocycles. The van der Waals surface area contributed by atoms with E-state index in [4.69, 9.17) is 0 Å². The van der Waals surface area contributed by atoms with Crippen LogP contribution in [0.5, 0.6) is 0 Å². The van der Waals surface area contributed by atoms with Crippen LogP contribution in [0.2, 0.25) is 0 Å². The highest BCUT2D eigenvalue weighted by molar-refractivity contribution is 5.16. The number of rotatable bonds is 7. The van der Waals surface area contributed by atoms with Crippen LogP contribution < -0.4 is 5.32 Å². The van der Waals surface area contributed by atoms with Crippen molar-refractivity contribution in [2.45, 2.75) is 47.0 Å². The summed E-state index contributed by atoms with van der Waals surface area (Å²) in [6.45, 7) is 11.0. The van der Waals surface area contributed by atoms with Crippen LogP contribution in [0.4, 0.5) is 4.39 Å². The second kappa shape index (κ2) is 7.64. The zero-order valence-corrected chi connectivity index (χ0v) is 12.8. The quantitative estimate of drug-likeness (QED) is 0.769. The molecule has 0 spiro atoms. The molecule has 0 saturated carbocycles. The topological polar surface area (TPSA) is 12.0 Å². The van der Waals surface area contributed by atoms with E-state index in [1.807, 2.05) is 6.07 Å². The Morgan fingerprint density at radius 1 is 1.26 bits per heavy atom. The Hall–Kier alpha value is -0.890. The first-order valence-corrected chi connectivity index (χ1v) is 7.36. The van der Waals surface area contributed by atoms with E-state index in [1.165, 1.54) is 18.9 Å². The van der Waals surface area contributed by atoms with Crippen LogP contribution in [-0.4, -0.2) is 13.1 Å². The first-order valence-electron chi connectivity index (χ1n) is 7.36. The van der Waals surface area contributed by atoms with Crippen molar-refractivity contribution in [3.8, 4) is 0 Å². The highest BCUT2D eigenvalue weighted by atomic mass is 19.1. The number of hydrogen-bond donors (Lipinski definition) is 1. The predicted octanol–water partition coefficient (Wildman–Crippen LogP) is 4.42. The van der Waals surface area contributed by atoms with Gasteiger partial charge in [-0.05, 0) is 61.4 Å². The van der Waals surface area contributed by atoms with Crippen LogP contribution in [-0.2, 0) is 6.42 Å². The molecule has 0 radical (unpaired) electrons. The molecule has 1 nitrogen and oxygen atoms in total. The number of hydrogen-bond acceptors (Lipinski definition) is 1. The Morgan fingerprint density at radius 2 is 2.00 bits per heavy atom. The first kappa shape index (κ1) is 16.2. The van der Waals surface area contributed by atoms with E-state index < -0.39 is 0 Å². The Labute approximate surface area is 117 Å². The summed E-state index contributed by atoms with van der Waals surface area (Å²) in [7, 11) is 0. The van der Waals surface area contributed by atoms with Gasteiger partial charge >= 0.3 is 0 Å². The summed E-state index contributed by atoms with van der Waals surface area (Å²) in [5, 5.41) is 3.43. The van der Waals surface area contributed by atoms with Gasteiger partial charge in [-0.15, -0.1) is 0 Å². The largest absolute Gasteiger partial charge is 0.317 e. The summed E-state index contributed by atoms with van der Waals surface area (Å²) < 4.78 is 13.2. The molecule has 1 unspecified atom stereocenters. The highest BCUT2D eigenvalue weighted by Crippen LogP contribution is 2.25. The van der Waals surface area contributed by atoms with E-state index >= 15 is 0 Å². The Kier molecular flexibility index (Phi) is 6.50. The summed E-state index contributed by atoms with van der Waals surface area (Å²) in [5.74, 6) is 0.455. The molecule has 0 bridgehead atoms. The fourth-order valence-corrected chi connectivity index (χ4v) is 2.26. The molecule has 0 saturated heterocycles. The molecule has 1 aromatic rings. The molecule has 0 fully saturated rings. The maximum absolute atomic E-state index is 13.2. The zero-order valence-electron chi connectivity index (χ0n) is 12.8. The molecule has 0 amide bonds. The van der Waals surface area contributed by atoms with Gasteiger partial charge in [-0.1, -0.05) is 39.8 Å². The van der Waals surface area contributed by atoms with Crippen LogP contribution >= 0.6 is 0 Å². The summed E-state index contributed by atoms with van der Waals surface area (Å²) in [6.07, 6.45) is 3.35. The molecule has 0 aromatic heterocycles. The molecule has 1 rings (SSSR count). The summed E-state index contributed by atoms with van der Waals surface area (Å²) in [6, 6.07) is 7.01. The van der Waals surface area contributed by atoms with Crippen molar-refractivity contribution < 1.29 is 4.39 Å². The van der Waals surface area contributed by atoms with Gasteiger partial charge in [-0.25, -0.2) is 4.39 Å². The minimum absolute atomic E-state index is 0.129. The first-order chi connectivity index (χ1) is 8.90. The van der Waals surface area contributed by atoms with E-state index in [0.29, 0.717) is 11.3 Å². The van der Waals surface area contributed by atoms with Gasteiger partial charge in [-0.2, -0.15) is 0 Å². The van der Waals surface area contributed by atoms with Gasteiger partial charge < -0.3 is 5.32 Å². The third-order valence-electron chi connectivity index (χ3n) is 3.40. The lowest BCUT2D eigenvalue weighted by Gasteiger charge is -2.23. The summed E-state index contributed by atoms with van der Waals surface area (Å²) >= 11 is 0. The van der Waals surface area contributed by atoms with E-state index in [-0.39, 0.29) is 5.82 Å². The molecule has 108 valence electrons. The second-order valence-corrected chi connectivity index (χ2v) is 6.61. The van der Waals surface area contributed by atoms with Crippen LogP contribution in [0.25, 0.3) is 0 Å². The molecule has 0 heterocycles. The van der Waals surface area contributed by atoms with Crippen molar-refractivity contribution >= 4 is 0 Å². The van der Waals surface area contributed by atoms with E-state index in [1.54, 1.807) is 12.1 Å². The number of halogens is 1. The maximum atomic E-state index is 13.2. The SMILES string of the molecule is CCNCC(CCC(C)(C)C)Cc1cccc(F)c1. The van der Waals surface area contributed by atoms with Crippen molar-refractivity contribution in [2.75, 3.05) is 13.1 Å². The molecule has 1 N–H and O–H groups in total. The van der Waals surface area contributed by atoms with Crippen LogP contribution in [0.15, 0.2) is 24.3 Å². The van der Waals surface area contributed by atoms with Gasteiger partial charge in [-0.3, -0.25) is 0 Å². The van der Waals surface area contributed by atoms with Crippen molar-refractivity contribution in [3.05, 3.63) is 35.6 Å². The Morgan fingerprint density at radius 3 is 2.58 bits per heavy atom. The average Bonchev–Trinajstić information content (AvgIpc) is 2.31. The lowest BCUT2D eigenvalue weighted by Crippen LogP contribution is -2.25. The van der Waals surface area contributed by atoms with Gasteiger partial charge in [0.25, 0.3) is 0 Å². The second-order valence-electron chi connectivity index (χ2n) is 6.61. The van der Waals surface area contributed by atoms with Crippen molar-refractivity contribution in [1.29, 1.82) is 0 Å².